The standard InChI is InChI=1S/C19H16O4/c1-3-13-10-18(20)22-17-11-16(12(2)9-15(13)17)23-19(21)14-7-5-4-6-8-14/h4-11H,3H2,1-2H3. The summed E-state index contributed by atoms with van der Waals surface area (Å²) in [6.07, 6.45) is 0.727. The van der Waals surface area contributed by atoms with Crippen molar-refractivity contribution in [2.75, 3.05) is 0 Å². The Hall–Kier alpha value is -2.88. The highest BCUT2D eigenvalue weighted by Crippen LogP contribution is 2.27. The molecule has 0 aliphatic carbocycles. The molecule has 3 aromatic rings. The molecule has 4 nitrogen and oxygen atoms in total. The van der Waals surface area contributed by atoms with Gasteiger partial charge in [-0.3, -0.25) is 0 Å². The van der Waals surface area contributed by atoms with Crippen molar-refractivity contribution in [3.8, 4) is 5.75 Å². The molecule has 23 heavy (non-hydrogen) atoms. The van der Waals surface area contributed by atoms with Gasteiger partial charge in [0.25, 0.3) is 0 Å². The van der Waals surface area contributed by atoms with Crippen molar-refractivity contribution in [3.05, 3.63) is 75.6 Å². The van der Waals surface area contributed by atoms with E-state index in [9.17, 15) is 9.59 Å². The molecule has 0 atom stereocenters. The molecule has 0 unspecified atom stereocenters. The van der Waals surface area contributed by atoms with Gasteiger partial charge in [-0.1, -0.05) is 25.1 Å². The minimum atomic E-state index is -0.443. The van der Waals surface area contributed by atoms with Gasteiger partial charge in [-0.05, 0) is 42.7 Å². The second kappa shape index (κ2) is 6.08. The van der Waals surface area contributed by atoms with Crippen LogP contribution < -0.4 is 10.4 Å². The SMILES string of the molecule is CCc1cc(=O)oc2cc(OC(=O)c3ccccc3)c(C)cc12. The van der Waals surface area contributed by atoms with Gasteiger partial charge in [0.05, 0.1) is 5.56 Å². The number of carbonyl (C=O) groups is 1. The van der Waals surface area contributed by atoms with Gasteiger partial charge < -0.3 is 9.15 Å². The highest BCUT2D eigenvalue weighted by molar-refractivity contribution is 5.92. The van der Waals surface area contributed by atoms with Crippen LogP contribution in [0.15, 0.2) is 57.7 Å². The van der Waals surface area contributed by atoms with Crippen molar-refractivity contribution >= 4 is 16.9 Å². The molecule has 1 heterocycles. The first kappa shape index (κ1) is 15.0. The first-order chi connectivity index (χ1) is 11.1. The van der Waals surface area contributed by atoms with Crippen LogP contribution in [0, 0.1) is 6.92 Å². The first-order valence-corrected chi connectivity index (χ1v) is 7.43. The van der Waals surface area contributed by atoms with Gasteiger partial charge in [-0.2, -0.15) is 0 Å². The fourth-order valence-electron chi connectivity index (χ4n) is 2.50. The van der Waals surface area contributed by atoms with Gasteiger partial charge in [-0.25, -0.2) is 9.59 Å². The highest BCUT2D eigenvalue weighted by atomic mass is 16.5. The molecule has 0 amide bonds. The summed E-state index contributed by atoms with van der Waals surface area (Å²) < 4.78 is 10.7. The molecule has 0 spiro atoms. The quantitative estimate of drug-likeness (QED) is 0.418. The molecule has 3 rings (SSSR count). The van der Waals surface area contributed by atoms with Crippen LogP contribution in [-0.2, 0) is 6.42 Å². The molecule has 0 aliphatic rings. The summed E-state index contributed by atoms with van der Waals surface area (Å²) in [6, 6.07) is 13.7. The van der Waals surface area contributed by atoms with Gasteiger partial charge in [-0.15, -0.1) is 0 Å². The van der Waals surface area contributed by atoms with Crippen molar-refractivity contribution in [3.63, 3.8) is 0 Å². The summed E-state index contributed by atoms with van der Waals surface area (Å²) >= 11 is 0. The fourth-order valence-corrected chi connectivity index (χ4v) is 2.50. The molecule has 1 aromatic heterocycles. The minimum absolute atomic E-state index is 0.391. The van der Waals surface area contributed by atoms with Gasteiger partial charge in [0, 0.05) is 17.5 Å². The lowest BCUT2D eigenvalue weighted by Crippen LogP contribution is -2.09. The maximum atomic E-state index is 12.2. The number of rotatable bonds is 3. The molecular formula is C19H16O4. The normalized spacial score (nSPS) is 10.7. The monoisotopic (exact) mass is 308 g/mol. The molecule has 116 valence electrons. The Kier molecular flexibility index (Phi) is 3.98. The van der Waals surface area contributed by atoms with E-state index in [0.717, 1.165) is 22.9 Å². The fraction of sp³-hybridized carbons (Fsp3) is 0.158. The summed E-state index contributed by atoms with van der Waals surface area (Å²) in [5, 5.41) is 0.865. The average Bonchev–Trinajstić information content (AvgIpc) is 2.56. The molecule has 2 aromatic carbocycles. The van der Waals surface area contributed by atoms with E-state index in [4.69, 9.17) is 9.15 Å². The number of hydrogen-bond donors (Lipinski definition) is 0. The number of ether oxygens (including phenoxy) is 1. The van der Waals surface area contributed by atoms with Crippen LogP contribution >= 0.6 is 0 Å². The molecule has 0 bridgehead atoms. The zero-order valence-electron chi connectivity index (χ0n) is 13.0. The molecule has 0 saturated carbocycles. The van der Waals surface area contributed by atoms with Gasteiger partial charge >= 0.3 is 11.6 Å². The maximum absolute atomic E-state index is 12.2. The Morgan fingerprint density at radius 1 is 1.13 bits per heavy atom. The van der Waals surface area contributed by atoms with Crippen LogP contribution in [0.25, 0.3) is 11.0 Å². The van der Waals surface area contributed by atoms with E-state index in [1.807, 2.05) is 26.0 Å². The average molecular weight is 308 g/mol. The molecule has 0 radical (unpaired) electrons. The summed E-state index contributed by atoms with van der Waals surface area (Å²) in [4.78, 5) is 23.8. The maximum Gasteiger partial charge on any atom is 0.343 e. The van der Waals surface area contributed by atoms with Crippen LogP contribution in [0.5, 0.6) is 5.75 Å². The van der Waals surface area contributed by atoms with E-state index in [1.165, 1.54) is 6.07 Å². The predicted molar refractivity (Wildman–Crippen MR) is 88.0 cm³/mol. The number of esters is 1. The number of benzene rings is 2. The molecule has 0 saturated heterocycles. The lowest BCUT2D eigenvalue weighted by atomic mass is 10.1. The summed E-state index contributed by atoms with van der Waals surface area (Å²) in [7, 11) is 0. The van der Waals surface area contributed by atoms with Gasteiger partial charge in [0.2, 0.25) is 0 Å². The number of aryl methyl sites for hydroxylation is 2. The predicted octanol–water partition coefficient (Wildman–Crippen LogP) is 3.88. The smallest absolute Gasteiger partial charge is 0.343 e. The van der Waals surface area contributed by atoms with Gasteiger partial charge in [0.1, 0.15) is 11.3 Å². The summed E-state index contributed by atoms with van der Waals surface area (Å²) in [5.74, 6) is -0.0511. The van der Waals surface area contributed by atoms with Crippen molar-refractivity contribution in [2.45, 2.75) is 20.3 Å². The van der Waals surface area contributed by atoms with Crippen LogP contribution in [-0.4, -0.2) is 5.97 Å². The van der Waals surface area contributed by atoms with Crippen LogP contribution in [0.2, 0.25) is 0 Å². The van der Waals surface area contributed by atoms with E-state index in [-0.39, 0.29) is 0 Å². The van der Waals surface area contributed by atoms with E-state index in [1.54, 1.807) is 30.3 Å². The first-order valence-electron chi connectivity index (χ1n) is 7.43. The summed E-state index contributed by atoms with van der Waals surface area (Å²) in [5.41, 5.74) is 2.22. The Bertz CT molecular complexity index is 923. The van der Waals surface area contributed by atoms with Crippen molar-refractivity contribution in [2.24, 2.45) is 0 Å². The second-order valence-electron chi connectivity index (χ2n) is 5.31. The second-order valence-corrected chi connectivity index (χ2v) is 5.31. The van der Waals surface area contributed by atoms with Crippen LogP contribution in [0.3, 0.4) is 0 Å². The van der Waals surface area contributed by atoms with Crippen LogP contribution in [0.1, 0.15) is 28.4 Å². The zero-order chi connectivity index (χ0) is 16.4. The van der Waals surface area contributed by atoms with Crippen molar-refractivity contribution < 1.29 is 13.9 Å². The topological polar surface area (TPSA) is 56.5 Å². The van der Waals surface area contributed by atoms with E-state index in [0.29, 0.717) is 16.9 Å². The van der Waals surface area contributed by atoms with Gasteiger partial charge in [0.15, 0.2) is 0 Å². The van der Waals surface area contributed by atoms with E-state index >= 15 is 0 Å². The molecule has 4 heteroatoms. The largest absolute Gasteiger partial charge is 0.423 e. The Morgan fingerprint density at radius 2 is 1.87 bits per heavy atom. The third kappa shape index (κ3) is 3.01. The zero-order valence-corrected chi connectivity index (χ0v) is 13.0. The van der Waals surface area contributed by atoms with Crippen LogP contribution in [0.4, 0.5) is 0 Å². The molecule has 0 N–H and O–H groups in total. The molecular weight excluding hydrogens is 292 g/mol. The highest BCUT2D eigenvalue weighted by Gasteiger charge is 2.13. The third-order valence-corrected chi connectivity index (χ3v) is 3.72. The number of carbonyl (C=O) groups excluding carboxylic acids is 1. The Balaban J connectivity index is 2.03. The minimum Gasteiger partial charge on any atom is -0.423 e. The Morgan fingerprint density at radius 3 is 2.57 bits per heavy atom. The van der Waals surface area contributed by atoms with E-state index in [2.05, 4.69) is 0 Å². The lowest BCUT2D eigenvalue weighted by molar-refractivity contribution is 0.0733. The Labute approximate surface area is 133 Å². The molecule has 0 fully saturated rings. The molecule has 0 aliphatic heterocycles. The van der Waals surface area contributed by atoms with Crippen molar-refractivity contribution in [1.29, 1.82) is 0 Å². The van der Waals surface area contributed by atoms with Crippen molar-refractivity contribution in [1.82, 2.24) is 0 Å². The van der Waals surface area contributed by atoms with E-state index < -0.39 is 11.6 Å². The number of hydrogen-bond acceptors (Lipinski definition) is 4. The lowest BCUT2D eigenvalue weighted by Gasteiger charge is -2.10. The third-order valence-electron chi connectivity index (χ3n) is 3.72. The summed E-state index contributed by atoms with van der Waals surface area (Å²) in [6.45, 7) is 3.84. The number of fused-ring (bicyclic) bond motifs is 1.